The Bertz CT molecular complexity index is 757. The highest BCUT2D eigenvalue weighted by atomic mass is 16.4. The minimum Gasteiger partial charge on any atom is -0.421 e. The molecule has 0 saturated heterocycles. The van der Waals surface area contributed by atoms with Crippen molar-refractivity contribution in [2.24, 2.45) is 0 Å². The molecular weight excluding hydrogens is 292 g/mol. The Morgan fingerprint density at radius 3 is 2.74 bits per heavy atom. The third-order valence-electron chi connectivity index (χ3n) is 3.27. The minimum absolute atomic E-state index is 0.0463. The zero-order chi connectivity index (χ0) is 15.9. The molecule has 0 fully saturated rings. The van der Waals surface area contributed by atoms with Crippen LogP contribution < -0.4 is 5.32 Å². The van der Waals surface area contributed by atoms with Gasteiger partial charge in [0.1, 0.15) is 0 Å². The summed E-state index contributed by atoms with van der Waals surface area (Å²) in [5.74, 6) is 0.812. The number of aryl methyl sites for hydroxylation is 1. The summed E-state index contributed by atoms with van der Waals surface area (Å²) in [5.41, 5.74) is 1.83. The van der Waals surface area contributed by atoms with E-state index >= 15 is 0 Å². The van der Waals surface area contributed by atoms with Crippen LogP contribution in [0.25, 0.3) is 11.5 Å². The molecule has 6 heteroatoms. The number of hydrogen-bond donors (Lipinski definition) is 1. The number of amides is 1. The number of carbonyl (C=O) groups is 1. The molecular formula is C17H16N4O2. The topological polar surface area (TPSA) is 80.9 Å². The molecule has 2 aromatic heterocycles. The van der Waals surface area contributed by atoms with E-state index in [4.69, 9.17) is 4.42 Å². The van der Waals surface area contributed by atoms with Crippen LogP contribution in [0.2, 0.25) is 0 Å². The molecule has 3 aromatic rings. The van der Waals surface area contributed by atoms with Gasteiger partial charge in [-0.2, -0.15) is 0 Å². The van der Waals surface area contributed by atoms with Gasteiger partial charge in [-0.05, 0) is 17.7 Å². The Morgan fingerprint density at radius 1 is 1.09 bits per heavy atom. The predicted molar refractivity (Wildman–Crippen MR) is 84.1 cm³/mol. The van der Waals surface area contributed by atoms with Gasteiger partial charge in [-0.3, -0.25) is 9.78 Å². The van der Waals surface area contributed by atoms with Crippen LogP contribution in [-0.4, -0.2) is 21.1 Å². The van der Waals surface area contributed by atoms with Crippen molar-refractivity contribution in [3.8, 4) is 11.5 Å². The average molecular weight is 308 g/mol. The van der Waals surface area contributed by atoms with Crippen LogP contribution in [0, 0.1) is 0 Å². The van der Waals surface area contributed by atoms with E-state index in [1.165, 1.54) is 0 Å². The number of hydrogen-bond acceptors (Lipinski definition) is 5. The second-order valence-corrected chi connectivity index (χ2v) is 5.00. The number of rotatable bonds is 6. The number of benzene rings is 1. The molecule has 0 radical (unpaired) electrons. The lowest BCUT2D eigenvalue weighted by molar-refractivity contribution is -0.121. The standard InChI is InChI=1S/C17H16N4O2/c22-15(19-11-13-5-2-1-3-6-13)8-9-16-20-21-17(23-16)14-7-4-10-18-12-14/h1-7,10,12H,8-9,11H2,(H,19,22). The summed E-state index contributed by atoms with van der Waals surface area (Å²) in [6, 6.07) is 13.4. The monoisotopic (exact) mass is 308 g/mol. The van der Waals surface area contributed by atoms with Crippen molar-refractivity contribution >= 4 is 5.91 Å². The summed E-state index contributed by atoms with van der Waals surface area (Å²) in [4.78, 5) is 15.9. The van der Waals surface area contributed by atoms with E-state index in [1.54, 1.807) is 18.5 Å². The second kappa shape index (κ2) is 7.31. The molecule has 6 nitrogen and oxygen atoms in total. The second-order valence-electron chi connectivity index (χ2n) is 5.00. The maximum absolute atomic E-state index is 11.9. The maximum atomic E-state index is 11.9. The van der Waals surface area contributed by atoms with Gasteiger partial charge in [0.2, 0.25) is 17.7 Å². The summed E-state index contributed by atoms with van der Waals surface area (Å²) in [6.45, 7) is 0.518. The molecule has 116 valence electrons. The molecule has 0 aliphatic carbocycles. The first-order valence-corrected chi connectivity index (χ1v) is 7.34. The van der Waals surface area contributed by atoms with Gasteiger partial charge in [0.15, 0.2) is 0 Å². The van der Waals surface area contributed by atoms with Crippen LogP contribution in [0.3, 0.4) is 0 Å². The van der Waals surface area contributed by atoms with Gasteiger partial charge in [-0.15, -0.1) is 10.2 Å². The van der Waals surface area contributed by atoms with E-state index in [9.17, 15) is 4.79 Å². The summed E-state index contributed by atoms with van der Waals surface area (Å²) >= 11 is 0. The van der Waals surface area contributed by atoms with Crippen LogP contribution in [0.1, 0.15) is 17.9 Å². The van der Waals surface area contributed by atoms with Crippen molar-refractivity contribution in [3.05, 3.63) is 66.3 Å². The SMILES string of the molecule is O=C(CCc1nnc(-c2cccnc2)o1)NCc1ccccc1. The van der Waals surface area contributed by atoms with Gasteiger partial charge in [-0.1, -0.05) is 30.3 Å². The molecule has 0 bridgehead atoms. The Balaban J connectivity index is 1.49. The van der Waals surface area contributed by atoms with Crippen molar-refractivity contribution in [2.45, 2.75) is 19.4 Å². The quantitative estimate of drug-likeness (QED) is 0.756. The lowest BCUT2D eigenvalue weighted by Crippen LogP contribution is -2.22. The fourth-order valence-electron chi connectivity index (χ4n) is 2.07. The highest BCUT2D eigenvalue weighted by Crippen LogP contribution is 2.16. The predicted octanol–water partition coefficient (Wildman–Crippen LogP) is 2.38. The third-order valence-corrected chi connectivity index (χ3v) is 3.27. The number of pyridine rings is 1. The van der Waals surface area contributed by atoms with Crippen LogP contribution in [0.5, 0.6) is 0 Å². The number of aromatic nitrogens is 3. The molecule has 3 rings (SSSR count). The van der Waals surface area contributed by atoms with Crippen LogP contribution in [-0.2, 0) is 17.8 Å². The lowest BCUT2D eigenvalue weighted by atomic mass is 10.2. The summed E-state index contributed by atoms with van der Waals surface area (Å²) in [5, 5.41) is 10.8. The highest BCUT2D eigenvalue weighted by molar-refractivity contribution is 5.76. The zero-order valence-electron chi connectivity index (χ0n) is 12.5. The molecule has 0 unspecified atom stereocenters. The zero-order valence-corrected chi connectivity index (χ0v) is 12.5. The summed E-state index contributed by atoms with van der Waals surface area (Å²) in [7, 11) is 0. The molecule has 0 atom stereocenters. The van der Waals surface area contributed by atoms with Crippen molar-refractivity contribution in [1.29, 1.82) is 0 Å². The van der Waals surface area contributed by atoms with Gasteiger partial charge in [0.05, 0.1) is 5.56 Å². The van der Waals surface area contributed by atoms with E-state index in [1.807, 2.05) is 36.4 Å². The first kappa shape index (κ1) is 14.9. The molecule has 0 aliphatic heterocycles. The van der Waals surface area contributed by atoms with Gasteiger partial charge in [-0.25, -0.2) is 0 Å². The van der Waals surface area contributed by atoms with Gasteiger partial charge in [0.25, 0.3) is 0 Å². The van der Waals surface area contributed by atoms with Crippen LogP contribution >= 0.6 is 0 Å². The molecule has 2 heterocycles. The van der Waals surface area contributed by atoms with E-state index < -0.39 is 0 Å². The minimum atomic E-state index is -0.0463. The Kier molecular flexibility index (Phi) is 4.73. The first-order chi connectivity index (χ1) is 11.3. The molecule has 0 spiro atoms. The Morgan fingerprint density at radius 2 is 1.96 bits per heavy atom. The molecule has 0 aliphatic rings. The fraction of sp³-hybridized carbons (Fsp3) is 0.176. The van der Waals surface area contributed by atoms with Crippen LogP contribution in [0.15, 0.2) is 59.3 Å². The van der Waals surface area contributed by atoms with Crippen molar-refractivity contribution < 1.29 is 9.21 Å². The van der Waals surface area contributed by atoms with Crippen molar-refractivity contribution in [1.82, 2.24) is 20.5 Å². The van der Waals surface area contributed by atoms with E-state index in [2.05, 4.69) is 20.5 Å². The van der Waals surface area contributed by atoms with Crippen LogP contribution in [0.4, 0.5) is 0 Å². The normalized spacial score (nSPS) is 10.4. The summed E-state index contributed by atoms with van der Waals surface area (Å²) in [6.07, 6.45) is 4.05. The Hall–Kier alpha value is -3.02. The van der Waals surface area contributed by atoms with Crippen molar-refractivity contribution in [2.75, 3.05) is 0 Å². The molecule has 23 heavy (non-hydrogen) atoms. The lowest BCUT2D eigenvalue weighted by Gasteiger charge is -2.03. The maximum Gasteiger partial charge on any atom is 0.249 e. The molecule has 0 saturated carbocycles. The number of nitrogens with one attached hydrogen (secondary N) is 1. The van der Waals surface area contributed by atoms with Crippen molar-refractivity contribution in [3.63, 3.8) is 0 Å². The van der Waals surface area contributed by atoms with Gasteiger partial charge in [0, 0.05) is 31.8 Å². The largest absolute Gasteiger partial charge is 0.421 e. The van der Waals surface area contributed by atoms with Gasteiger partial charge >= 0.3 is 0 Å². The number of nitrogens with zero attached hydrogens (tertiary/aromatic N) is 3. The van der Waals surface area contributed by atoms with E-state index in [0.29, 0.717) is 31.2 Å². The molecule has 1 amide bonds. The number of carbonyl (C=O) groups excluding carboxylic acids is 1. The van der Waals surface area contributed by atoms with E-state index in [-0.39, 0.29) is 5.91 Å². The van der Waals surface area contributed by atoms with Gasteiger partial charge < -0.3 is 9.73 Å². The fourth-order valence-corrected chi connectivity index (χ4v) is 2.07. The average Bonchev–Trinajstić information content (AvgIpc) is 3.09. The first-order valence-electron chi connectivity index (χ1n) is 7.34. The summed E-state index contributed by atoms with van der Waals surface area (Å²) < 4.78 is 5.54. The molecule has 1 N–H and O–H groups in total. The smallest absolute Gasteiger partial charge is 0.249 e. The highest BCUT2D eigenvalue weighted by Gasteiger charge is 2.10. The van der Waals surface area contributed by atoms with E-state index in [0.717, 1.165) is 11.1 Å². The third kappa shape index (κ3) is 4.23. The molecule has 1 aromatic carbocycles. The Labute approximate surface area is 133 Å².